The third kappa shape index (κ3) is 2.39. The van der Waals surface area contributed by atoms with Gasteiger partial charge in [0.25, 0.3) is 0 Å². The molecule has 1 aromatic heterocycles. The number of benzene rings is 1. The second-order valence-electron chi connectivity index (χ2n) is 3.37. The van der Waals surface area contributed by atoms with E-state index in [4.69, 9.17) is 9.47 Å². The summed E-state index contributed by atoms with van der Waals surface area (Å²) in [7, 11) is 3.16. The summed E-state index contributed by atoms with van der Waals surface area (Å²) < 4.78 is 11.3. The lowest BCUT2D eigenvalue weighted by atomic mass is 10.2. The average Bonchev–Trinajstić information content (AvgIpc) is 2.86. The van der Waals surface area contributed by atoms with Crippen LogP contribution in [0.2, 0.25) is 0 Å². The lowest BCUT2D eigenvalue weighted by Gasteiger charge is -2.10. The van der Waals surface area contributed by atoms with E-state index < -0.39 is 0 Å². The Kier molecular flexibility index (Phi) is 3.98. The van der Waals surface area contributed by atoms with E-state index in [1.165, 1.54) is 11.3 Å². The van der Waals surface area contributed by atoms with Crippen LogP contribution in [-0.2, 0) is 0 Å². The van der Waals surface area contributed by atoms with Gasteiger partial charge < -0.3 is 9.47 Å². The fourth-order valence-electron chi connectivity index (χ4n) is 1.48. The number of carbonyl (C=O) groups is 1. The average molecular weight is 328 g/mol. The number of aldehydes is 1. The van der Waals surface area contributed by atoms with E-state index in [0.717, 1.165) is 21.3 Å². The molecule has 94 valence electrons. The summed E-state index contributed by atoms with van der Waals surface area (Å²) in [5.41, 5.74) is 0.866. The number of hydrogen-bond acceptors (Lipinski definition) is 5. The van der Waals surface area contributed by atoms with Crippen molar-refractivity contribution in [1.29, 1.82) is 0 Å². The first-order valence-electron chi connectivity index (χ1n) is 5.02. The number of thiazole rings is 1. The summed E-state index contributed by atoms with van der Waals surface area (Å²) in [5.74, 6) is 1.26. The molecule has 0 N–H and O–H groups in total. The molecule has 18 heavy (non-hydrogen) atoms. The van der Waals surface area contributed by atoms with Crippen LogP contribution >= 0.6 is 27.3 Å². The van der Waals surface area contributed by atoms with Crippen LogP contribution in [0.4, 0.5) is 0 Å². The summed E-state index contributed by atoms with van der Waals surface area (Å²) in [6, 6.07) is 3.65. The molecule has 0 fully saturated rings. The number of carbonyl (C=O) groups excluding carboxylic acids is 1. The highest BCUT2D eigenvalue weighted by atomic mass is 79.9. The highest BCUT2D eigenvalue weighted by Gasteiger charge is 2.13. The van der Waals surface area contributed by atoms with Gasteiger partial charge >= 0.3 is 0 Å². The summed E-state index contributed by atoms with van der Waals surface area (Å²) >= 11 is 4.79. The molecule has 0 unspecified atom stereocenters. The van der Waals surface area contributed by atoms with Crippen LogP contribution in [0.25, 0.3) is 10.6 Å². The predicted octanol–water partition coefficient (Wildman–Crippen LogP) is 3.40. The Morgan fingerprint density at radius 3 is 2.50 bits per heavy atom. The third-order valence-electron chi connectivity index (χ3n) is 2.34. The van der Waals surface area contributed by atoms with Gasteiger partial charge in [0.1, 0.15) is 5.01 Å². The Morgan fingerprint density at radius 2 is 1.94 bits per heavy atom. The van der Waals surface area contributed by atoms with Crippen molar-refractivity contribution in [2.24, 2.45) is 0 Å². The van der Waals surface area contributed by atoms with Crippen molar-refractivity contribution in [2.75, 3.05) is 14.2 Å². The number of ether oxygens (including phenoxy) is 2. The van der Waals surface area contributed by atoms with Gasteiger partial charge in [-0.15, -0.1) is 11.3 Å². The van der Waals surface area contributed by atoms with Crippen molar-refractivity contribution in [1.82, 2.24) is 4.98 Å². The minimum Gasteiger partial charge on any atom is -0.493 e. The first kappa shape index (κ1) is 13.0. The maximum Gasteiger partial charge on any atom is 0.161 e. The molecule has 0 aliphatic carbocycles. The van der Waals surface area contributed by atoms with E-state index in [1.807, 2.05) is 12.1 Å². The normalized spacial score (nSPS) is 10.2. The van der Waals surface area contributed by atoms with Gasteiger partial charge in [-0.1, -0.05) is 0 Å². The van der Waals surface area contributed by atoms with Crippen LogP contribution in [-0.4, -0.2) is 25.5 Å². The number of rotatable bonds is 4. The minimum atomic E-state index is 0.590. The maximum absolute atomic E-state index is 10.7. The number of hydrogen-bond donors (Lipinski definition) is 0. The maximum atomic E-state index is 10.7. The molecule has 0 atom stereocenters. The number of methoxy groups -OCH3 is 2. The molecule has 6 heteroatoms. The number of nitrogens with zero attached hydrogens (tertiary/aromatic N) is 1. The van der Waals surface area contributed by atoms with E-state index >= 15 is 0 Å². The Bertz CT molecular complexity index is 583. The molecule has 0 amide bonds. The van der Waals surface area contributed by atoms with Gasteiger partial charge in [-0.25, -0.2) is 4.98 Å². The molecule has 0 aliphatic heterocycles. The molecule has 0 saturated carbocycles. The summed E-state index contributed by atoms with van der Waals surface area (Å²) in [5, 5.41) is 0.755. The van der Waals surface area contributed by atoms with Gasteiger partial charge in [0, 0.05) is 16.2 Å². The van der Waals surface area contributed by atoms with Crippen LogP contribution in [0.3, 0.4) is 0 Å². The van der Waals surface area contributed by atoms with Crippen LogP contribution in [0.15, 0.2) is 22.8 Å². The molecule has 1 heterocycles. The highest BCUT2D eigenvalue weighted by molar-refractivity contribution is 9.10. The largest absolute Gasteiger partial charge is 0.493 e. The van der Waals surface area contributed by atoms with Gasteiger partial charge in [-0.2, -0.15) is 0 Å². The van der Waals surface area contributed by atoms with Crippen LogP contribution in [0.5, 0.6) is 11.5 Å². The smallest absolute Gasteiger partial charge is 0.161 e. The Balaban J connectivity index is 2.53. The SMILES string of the molecule is COc1cc(Br)c(-c2ncc(C=O)s2)cc1OC. The minimum absolute atomic E-state index is 0.590. The van der Waals surface area contributed by atoms with Crippen LogP contribution < -0.4 is 9.47 Å². The van der Waals surface area contributed by atoms with E-state index in [-0.39, 0.29) is 0 Å². The fourth-order valence-corrected chi connectivity index (χ4v) is 2.89. The van der Waals surface area contributed by atoms with Gasteiger partial charge in [0.2, 0.25) is 0 Å². The topological polar surface area (TPSA) is 48.4 Å². The Labute approximate surface area is 117 Å². The molecular weight excluding hydrogens is 318 g/mol. The van der Waals surface area contributed by atoms with Crippen molar-refractivity contribution >= 4 is 33.6 Å². The van der Waals surface area contributed by atoms with Gasteiger partial charge in [0.15, 0.2) is 17.8 Å². The predicted molar refractivity (Wildman–Crippen MR) is 73.7 cm³/mol. The molecule has 0 radical (unpaired) electrons. The molecule has 4 nitrogen and oxygen atoms in total. The van der Waals surface area contributed by atoms with Gasteiger partial charge in [-0.05, 0) is 28.1 Å². The summed E-state index contributed by atoms with van der Waals surface area (Å²) in [6.07, 6.45) is 2.34. The quantitative estimate of drug-likeness (QED) is 0.807. The van der Waals surface area contributed by atoms with Crippen molar-refractivity contribution in [3.8, 4) is 22.1 Å². The van der Waals surface area contributed by atoms with Crippen molar-refractivity contribution in [3.05, 3.63) is 27.7 Å². The van der Waals surface area contributed by atoms with Crippen molar-refractivity contribution < 1.29 is 14.3 Å². The van der Waals surface area contributed by atoms with E-state index in [2.05, 4.69) is 20.9 Å². The molecule has 2 rings (SSSR count). The standard InChI is InChI=1S/C12H10BrNO3S/c1-16-10-3-8(9(13)4-11(10)17-2)12-14-5-7(6-15)18-12/h3-6H,1-2H3. The first-order valence-corrected chi connectivity index (χ1v) is 6.63. The zero-order chi connectivity index (χ0) is 13.1. The molecule has 0 aliphatic rings. The zero-order valence-corrected chi connectivity index (χ0v) is 12.2. The van der Waals surface area contributed by atoms with E-state index in [9.17, 15) is 4.79 Å². The molecule has 0 saturated heterocycles. The van der Waals surface area contributed by atoms with Gasteiger partial charge in [0.05, 0.1) is 19.1 Å². The van der Waals surface area contributed by atoms with Gasteiger partial charge in [-0.3, -0.25) is 4.79 Å². The third-order valence-corrected chi connectivity index (χ3v) is 3.96. The van der Waals surface area contributed by atoms with E-state index in [0.29, 0.717) is 16.4 Å². The number of aromatic nitrogens is 1. The van der Waals surface area contributed by atoms with Crippen LogP contribution in [0, 0.1) is 0 Å². The lowest BCUT2D eigenvalue weighted by molar-refractivity contribution is 0.112. The molecule has 0 bridgehead atoms. The highest BCUT2D eigenvalue weighted by Crippen LogP contribution is 2.39. The molecule has 1 aromatic carbocycles. The molecule has 2 aromatic rings. The second-order valence-corrected chi connectivity index (χ2v) is 5.29. The second kappa shape index (κ2) is 5.49. The summed E-state index contributed by atoms with van der Waals surface area (Å²) in [6.45, 7) is 0. The molecular formula is C12H10BrNO3S. The Hall–Kier alpha value is -1.40. The lowest BCUT2D eigenvalue weighted by Crippen LogP contribution is -1.91. The van der Waals surface area contributed by atoms with Crippen LogP contribution in [0.1, 0.15) is 9.67 Å². The number of halogens is 1. The van der Waals surface area contributed by atoms with Crippen molar-refractivity contribution in [2.45, 2.75) is 0 Å². The Morgan fingerprint density at radius 1 is 1.28 bits per heavy atom. The zero-order valence-electron chi connectivity index (χ0n) is 9.77. The molecule has 0 spiro atoms. The van der Waals surface area contributed by atoms with E-state index in [1.54, 1.807) is 20.4 Å². The fraction of sp³-hybridized carbons (Fsp3) is 0.167. The first-order chi connectivity index (χ1) is 8.69. The summed E-state index contributed by atoms with van der Waals surface area (Å²) in [4.78, 5) is 15.5. The van der Waals surface area contributed by atoms with Crippen molar-refractivity contribution in [3.63, 3.8) is 0 Å². The monoisotopic (exact) mass is 327 g/mol.